The summed E-state index contributed by atoms with van der Waals surface area (Å²) < 4.78 is 13.3. The lowest BCUT2D eigenvalue weighted by molar-refractivity contribution is -0.133. The zero-order valence-electron chi connectivity index (χ0n) is 17.6. The first-order valence-electron chi connectivity index (χ1n) is 10.2. The van der Waals surface area contributed by atoms with E-state index < -0.39 is 0 Å². The molecule has 0 aliphatic carbocycles. The van der Waals surface area contributed by atoms with Gasteiger partial charge in [0.25, 0.3) is 0 Å². The van der Waals surface area contributed by atoms with Gasteiger partial charge in [0.1, 0.15) is 5.82 Å². The predicted octanol–water partition coefficient (Wildman–Crippen LogP) is 4.77. The SMILES string of the molecule is CCCC(=O)N1CCN(C(C=C(C)C)CC(C)(C)c2ccc(F)cc2)CC1. The summed E-state index contributed by atoms with van der Waals surface area (Å²) >= 11 is 0. The molecule has 1 amide bonds. The van der Waals surface area contributed by atoms with Gasteiger partial charge in [-0.05, 0) is 49.8 Å². The second kappa shape index (κ2) is 9.50. The normalized spacial score (nSPS) is 16.9. The molecule has 1 saturated heterocycles. The topological polar surface area (TPSA) is 23.6 Å². The maximum absolute atomic E-state index is 13.3. The van der Waals surface area contributed by atoms with Gasteiger partial charge in [-0.3, -0.25) is 9.69 Å². The Morgan fingerprint density at radius 1 is 1.15 bits per heavy atom. The van der Waals surface area contributed by atoms with Crippen LogP contribution in [0.5, 0.6) is 0 Å². The molecule has 2 rings (SSSR count). The molecule has 1 atom stereocenters. The highest BCUT2D eigenvalue weighted by Crippen LogP contribution is 2.31. The molecule has 0 spiro atoms. The van der Waals surface area contributed by atoms with Crippen molar-refractivity contribution in [2.45, 2.75) is 65.3 Å². The van der Waals surface area contributed by atoms with Crippen molar-refractivity contribution in [3.05, 3.63) is 47.3 Å². The van der Waals surface area contributed by atoms with Crippen molar-refractivity contribution in [2.24, 2.45) is 0 Å². The first kappa shape index (κ1) is 21.6. The zero-order valence-corrected chi connectivity index (χ0v) is 17.6. The number of piperazine rings is 1. The fourth-order valence-corrected chi connectivity index (χ4v) is 3.89. The van der Waals surface area contributed by atoms with Gasteiger partial charge in [0.2, 0.25) is 5.91 Å². The van der Waals surface area contributed by atoms with E-state index in [2.05, 4.69) is 45.6 Å². The molecule has 1 aliphatic rings. The monoisotopic (exact) mass is 374 g/mol. The Labute approximate surface area is 164 Å². The first-order valence-corrected chi connectivity index (χ1v) is 10.2. The third kappa shape index (κ3) is 6.17. The maximum atomic E-state index is 13.3. The van der Waals surface area contributed by atoms with Gasteiger partial charge >= 0.3 is 0 Å². The van der Waals surface area contributed by atoms with Crippen LogP contribution in [0.15, 0.2) is 35.9 Å². The van der Waals surface area contributed by atoms with Crippen LogP contribution in [0.25, 0.3) is 0 Å². The molecule has 4 heteroatoms. The number of carbonyl (C=O) groups excluding carboxylic acids is 1. The summed E-state index contributed by atoms with van der Waals surface area (Å²) in [6.45, 7) is 14.2. The number of hydrogen-bond donors (Lipinski definition) is 0. The average Bonchev–Trinajstić information content (AvgIpc) is 2.61. The van der Waals surface area contributed by atoms with E-state index in [1.165, 1.54) is 5.57 Å². The Balaban J connectivity index is 2.09. The molecule has 0 radical (unpaired) electrons. The van der Waals surface area contributed by atoms with E-state index in [1.807, 2.05) is 17.0 Å². The van der Waals surface area contributed by atoms with Gasteiger partial charge in [0.05, 0.1) is 0 Å². The summed E-state index contributed by atoms with van der Waals surface area (Å²) in [5, 5.41) is 0. The molecule has 150 valence electrons. The lowest BCUT2D eigenvalue weighted by atomic mass is 9.78. The van der Waals surface area contributed by atoms with E-state index in [1.54, 1.807) is 12.1 Å². The molecule has 1 aromatic rings. The number of hydrogen-bond acceptors (Lipinski definition) is 2. The molecule has 1 heterocycles. The van der Waals surface area contributed by atoms with Crippen LogP contribution in [-0.2, 0) is 10.2 Å². The highest BCUT2D eigenvalue weighted by atomic mass is 19.1. The van der Waals surface area contributed by atoms with E-state index in [4.69, 9.17) is 0 Å². The Morgan fingerprint density at radius 2 is 1.74 bits per heavy atom. The van der Waals surface area contributed by atoms with Gasteiger partial charge in [0, 0.05) is 38.6 Å². The van der Waals surface area contributed by atoms with Crippen LogP contribution >= 0.6 is 0 Å². The zero-order chi connectivity index (χ0) is 20.0. The quantitative estimate of drug-likeness (QED) is 0.642. The smallest absolute Gasteiger partial charge is 0.222 e. The van der Waals surface area contributed by atoms with Crippen molar-refractivity contribution < 1.29 is 9.18 Å². The minimum Gasteiger partial charge on any atom is -0.340 e. The standard InChI is InChI=1S/C23H35FN2O/c1-6-7-22(27)26-14-12-25(13-15-26)21(16-18(2)3)17-23(4,5)19-8-10-20(24)11-9-19/h8-11,16,21H,6-7,12-15,17H2,1-5H3. The second-order valence-corrected chi connectivity index (χ2v) is 8.57. The van der Waals surface area contributed by atoms with Crippen LogP contribution in [0.1, 0.15) is 59.4 Å². The minimum absolute atomic E-state index is 0.0561. The van der Waals surface area contributed by atoms with E-state index in [0.29, 0.717) is 12.5 Å². The molecule has 1 aliphatic heterocycles. The number of nitrogens with zero attached hydrogens (tertiary/aromatic N) is 2. The van der Waals surface area contributed by atoms with Gasteiger partial charge in [-0.1, -0.05) is 44.6 Å². The Kier molecular flexibility index (Phi) is 7.60. The fourth-order valence-electron chi connectivity index (χ4n) is 3.89. The van der Waals surface area contributed by atoms with Gasteiger partial charge < -0.3 is 4.90 Å². The Bertz CT molecular complexity index is 639. The van der Waals surface area contributed by atoms with Crippen LogP contribution < -0.4 is 0 Å². The highest BCUT2D eigenvalue weighted by molar-refractivity contribution is 5.76. The van der Waals surface area contributed by atoms with Gasteiger partial charge in [-0.2, -0.15) is 0 Å². The van der Waals surface area contributed by atoms with Crippen molar-refractivity contribution in [1.82, 2.24) is 9.80 Å². The molecule has 1 unspecified atom stereocenters. The summed E-state index contributed by atoms with van der Waals surface area (Å²) in [4.78, 5) is 16.7. The van der Waals surface area contributed by atoms with Crippen molar-refractivity contribution in [3.63, 3.8) is 0 Å². The molecule has 1 aromatic carbocycles. The lowest BCUT2D eigenvalue weighted by Crippen LogP contribution is -2.52. The average molecular weight is 375 g/mol. The van der Waals surface area contributed by atoms with Crippen LogP contribution in [0.3, 0.4) is 0 Å². The van der Waals surface area contributed by atoms with Crippen LogP contribution in [-0.4, -0.2) is 47.9 Å². The predicted molar refractivity (Wildman–Crippen MR) is 110 cm³/mol. The Hall–Kier alpha value is -1.68. The van der Waals surface area contributed by atoms with Gasteiger partial charge in [-0.15, -0.1) is 0 Å². The van der Waals surface area contributed by atoms with Crippen LogP contribution in [0.4, 0.5) is 4.39 Å². The third-order valence-corrected chi connectivity index (χ3v) is 5.47. The number of amides is 1. The van der Waals surface area contributed by atoms with Gasteiger partial charge in [-0.25, -0.2) is 4.39 Å². The summed E-state index contributed by atoms with van der Waals surface area (Å²) in [6.07, 6.45) is 4.86. The highest BCUT2D eigenvalue weighted by Gasteiger charge is 2.30. The van der Waals surface area contributed by atoms with Gasteiger partial charge in [0.15, 0.2) is 0 Å². The number of halogens is 1. The minimum atomic E-state index is -0.191. The number of allylic oxidation sites excluding steroid dienone is 1. The van der Waals surface area contributed by atoms with Crippen LogP contribution in [0, 0.1) is 5.82 Å². The fraction of sp³-hybridized carbons (Fsp3) is 0.609. The summed E-state index contributed by atoms with van der Waals surface area (Å²) in [7, 11) is 0. The van der Waals surface area contributed by atoms with Crippen molar-refractivity contribution in [1.29, 1.82) is 0 Å². The second-order valence-electron chi connectivity index (χ2n) is 8.57. The molecule has 0 bridgehead atoms. The molecule has 0 saturated carbocycles. The van der Waals surface area contributed by atoms with E-state index in [9.17, 15) is 9.18 Å². The molecular formula is C23H35FN2O. The summed E-state index contributed by atoms with van der Waals surface area (Å²) in [5.41, 5.74) is 2.41. The Morgan fingerprint density at radius 3 is 2.26 bits per heavy atom. The number of carbonyl (C=O) groups is 1. The largest absolute Gasteiger partial charge is 0.340 e. The van der Waals surface area contributed by atoms with Crippen molar-refractivity contribution in [3.8, 4) is 0 Å². The molecule has 27 heavy (non-hydrogen) atoms. The van der Waals surface area contributed by atoms with E-state index in [-0.39, 0.29) is 17.1 Å². The van der Waals surface area contributed by atoms with E-state index in [0.717, 1.165) is 44.6 Å². The molecule has 0 aromatic heterocycles. The third-order valence-electron chi connectivity index (χ3n) is 5.47. The maximum Gasteiger partial charge on any atom is 0.222 e. The van der Waals surface area contributed by atoms with Crippen molar-refractivity contribution >= 4 is 5.91 Å². The molecule has 0 N–H and O–H groups in total. The first-order chi connectivity index (χ1) is 12.7. The lowest BCUT2D eigenvalue weighted by Gasteiger charge is -2.41. The number of benzene rings is 1. The summed E-state index contributed by atoms with van der Waals surface area (Å²) in [6, 6.07) is 7.21. The molecule has 1 fully saturated rings. The van der Waals surface area contributed by atoms with Crippen molar-refractivity contribution in [2.75, 3.05) is 26.2 Å². The number of rotatable bonds is 7. The molecule has 3 nitrogen and oxygen atoms in total. The van der Waals surface area contributed by atoms with E-state index >= 15 is 0 Å². The summed E-state index contributed by atoms with van der Waals surface area (Å²) in [5.74, 6) is 0.0887. The molecular weight excluding hydrogens is 339 g/mol. The van der Waals surface area contributed by atoms with Crippen LogP contribution in [0.2, 0.25) is 0 Å².